The molecular weight excluding hydrogens is 294 g/mol. The molecule has 0 radical (unpaired) electrons. The molecule has 2 rings (SSSR count). The average Bonchev–Trinajstić information content (AvgIpc) is 2.96. The molecule has 2 aromatic heterocycles. The van der Waals surface area contributed by atoms with Crippen molar-refractivity contribution in [3.8, 4) is 0 Å². The molecule has 0 bridgehead atoms. The topological polar surface area (TPSA) is 43.0 Å². The molecule has 0 aliphatic rings. The van der Waals surface area contributed by atoms with Crippen LogP contribution < -0.4 is 5.32 Å². The quantitative estimate of drug-likeness (QED) is 0.891. The van der Waals surface area contributed by atoms with Crippen molar-refractivity contribution in [3.05, 3.63) is 40.5 Å². The third-order valence-corrected chi connectivity index (χ3v) is 3.59. The van der Waals surface area contributed by atoms with E-state index in [9.17, 15) is 0 Å². The van der Waals surface area contributed by atoms with Gasteiger partial charge in [0.25, 0.3) is 0 Å². The lowest BCUT2D eigenvalue weighted by Crippen LogP contribution is -2.24. The van der Waals surface area contributed by atoms with Crippen LogP contribution in [0.1, 0.15) is 30.8 Å². The summed E-state index contributed by atoms with van der Waals surface area (Å²) in [5.41, 5.74) is 1.18. The summed E-state index contributed by atoms with van der Waals surface area (Å²) >= 11 is 3.56. The molecule has 1 atom stereocenters. The molecule has 0 saturated carbocycles. The van der Waals surface area contributed by atoms with Gasteiger partial charge in [0.15, 0.2) is 0 Å². The van der Waals surface area contributed by atoms with Gasteiger partial charge in [-0.05, 0) is 41.0 Å². The molecule has 0 fully saturated rings. The van der Waals surface area contributed by atoms with E-state index in [0.29, 0.717) is 0 Å². The Hall–Kier alpha value is -1.07. The first-order chi connectivity index (χ1) is 8.72. The molecule has 0 spiro atoms. The first-order valence-electron chi connectivity index (χ1n) is 6.15. The highest BCUT2D eigenvalue weighted by Gasteiger charge is 2.18. The Labute approximate surface area is 115 Å². The summed E-state index contributed by atoms with van der Waals surface area (Å²) in [4.78, 5) is 0. The monoisotopic (exact) mass is 311 g/mol. The predicted octanol–water partition coefficient (Wildman–Crippen LogP) is 3.06. The van der Waals surface area contributed by atoms with Gasteiger partial charge in [-0.3, -0.25) is 4.68 Å². The van der Waals surface area contributed by atoms with E-state index in [1.165, 1.54) is 5.69 Å². The SMILES string of the molecule is CCNC(CCc1ccco1)c1c(Br)cnn1C. The number of nitrogens with one attached hydrogen (secondary N) is 1. The van der Waals surface area contributed by atoms with Crippen LogP contribution in [0.4, 0.5) is 0 Å². The Bertz CT molecular complexity index is 459. The second kappa shape index (κ2) is 6.20. The van der Waals surface area contributed by atoms with Crippen molar-refractivity contribution >= 4 is 15.9 Å². The van der Waals surface area contributed by atoms with Crippen LogP contribution in [-0.2, 0) is 13.5 Å². The predicted molar refractivity (Wildman–Crippen MR) is 74.4 cm³/mol. The fourth-order valence-corrected chi connectivity index (χ4v) is 2.76. The van der Waals surface area contributed by atoms with E-state index < -0.39 is 0 Å². The Morgan fingerprint density at radius 3 is 2.94 bits per heavy atom. The summed E-state index contributed by atoms with van der Waals surface area (Å²) in [6.07, 6.45) is 5.46. The zero-order valence-electron chi connectivity index (χ0n) is 10.7. The second-order valence-corrected chi connectivity index (χ2v) is 5.08. The Morgan fingerprint density at radius 1 is 1.56 bits per heavy atom. The zero-order valence-corrected chi connectivity index (χ0v) is 12.3. The maximum atomic E-state index is 5.38. The third kappa shape index (κ3) is 3.03. The van der Waals surface area contributed by atoms with Gasteiger partial charge in [0.05, 0.1) is 28.7 Å². The van der Waals surface area contributed by atoms with E-state index in [1.54, 1.807) is 6.26 Å². The van der Waals surface area contributed by atoms with Gasteiger partial charge in [0.2, 0.25) is 0 Å². The lowest BCUT2D eigenvalue weighted by Gasteiger charge is -2.18. The van der Waals surface area contributed by atoms with Crippen LogP contribution in [0.5, 0.6) is 0 Å². The summed E-state index contributed by atoms with van der Waals surface area (Å²) < 4.78 is 8.35. The Kier molecular flexibility index (Phi) is 4.60. The fraction of sp³-hybridized carbons (Fsp3) is 0.462. The highest BCUT2D eigenvalue weighted by Crippen LogP contribution is 2.26. The van der Waals surface area contributed by atoms with Gasteiger partial charge < -0.3 is 9.73 Å². The first kappa shape index (κ1) is 13.4. The highest BCUT2D eigenvalue weighted by atomic mass is 79.9. The molecule has 0 aromatic carbocycles. The fourth-order valence-electron chi connectivity index (χ4n) is 2.14. The standard InChI is InChI=1S/C13H18BrN3O/c1-3-15-12(7-6-10-5-4-8-18-10)13-11(14)9-16-17(13)2/h4-5,8-9,12,15H,3,6-7H2,1-2H3. The molecule has 1 N–H and O–H groups in total. The number of halogens is 1. The molecule has 1 unspecified atom stereocenters. The lowest BCUT2D eigenvalue weighted by atomic mass is 10.1. The number of aromatic nitrogens is 2. The largest absolute Gasteiger partial charge is 0.469 e. The van der Waals surface area contributed by atoms with Gasteiger partial charge in [-0.25, -0.2) is 0 Å². The molecule has 2 heterocycles. The maximum absolute atomic E-state index is 5.38. The third-order valence-electron chi connectivity index (χ3n) is 2.98. The van der Waals surface area contributed by atoms with Gasteiger partial charge in [-0.15, -0.1) is 0 Å². The summed E-state index contributed by atoms with van der Waals surface area (Å²) in [6, 6.07) is 4.22. The van der Waals surface area contributed by atoms with Crippen molar-refractivity contribution in [2.24, 2.45) is 7.05 Å². The van der Waals surface area contributed by atoms with E-state index in [1.807, 2.05) is 30.1 Å². The number of hydrogen-bond acceptors (Lipinski definition) is 3. The molecule has 0 aliphatic carbocycles. The van der Waals surface area contributed by atoms with Crippen LogP contribution in [0.15, 0.2) is 33.5 Å². The van der Waals surface area contributed by atoms with Crippen LogP contribution in [0, 0.1) is 0 Å². The number of aryl methyl sites for hydroxylation is 2. The van der Waals surface area contributed by atoms with E-state index >= 15 is 0 Å². The second-order valence-electron chi connectivity index (χ2n) is 4.23. The van der Waals surface area contributed by atoms with Crippen molar-refractivity contribution in [3.63, 3.8) is 0 Å². The summed E-state index contributed by atoms with van der Waals surface area (Å²) in [7, 11) is 1.97. The average molecular weight is 312 g/mol. The summed E-state index contributed by atoms with van der Waals surface area (Å²) in [5.74, 6) is 1.02. The molecule has 18 heavy (non-hydrogen) atoms. The molecule has 2 aromatic rings. The van der Waals surface area contributed by atoms with Crippen molar-refractivity contribution in [2.75, 3.05) is 6.54 Å². The van der Waals surface area contributed by atoms with Gasteiger partial charge in [0.1, 0.15) is 5.76 Å². The van der Waals surface area contributed by atoms with E-state index in [4.69, 9.17) is 4.42 Å². The van der Waals surface area contributed by atoms with Crippen LogP contribution >= 0.6 is 15.9 Å². The Morgan fingerprint density at radius 2 is 2.39 bits per heavy atom. The minimum atomic E-state index is 0.280. The molecule has 0 saturated heterocycles. The molecule has 5 heteroatoms. The molecule has 4 nitrogen and oxygen atoms in total. The van der Waals surface area contributed by atoms with Crippen molar-refractivity contribution in [1.29, 1.82) is 0 Å². The van der Waals surface area contributed by atoms with Crippen LogP contribution in [-0.4, -0.2) is 16.3 Å². The van der Waals surface area contributed by atoms with Gasteiger partial charge in [0, 0.05) is 13.5 Å². The number of hydrogen-bond donors (Lipinski definition) is 1. The minimum Gasteiger partial charge on any atom is -0.469 e. The van der Waals surface area contributed by atoms with E-state index in [2.05, 4.69) is 33.3 Å². The number of nitrogens with zero attached hydrogens (tertiary/aromatic N) is 2. The minimum absolute atomic E-state index is 0.280. The maximum Gasteiger partial charge on any atom is 0.103 e. The first-order valence-corrected chi connectivity index (χ1v) is 6.94. The summed E-state index contributed by atoms with van der Waals surface area (Å²) in [6.45, 7) is 3.05. The molecule has 98 valence electrons. The highest BCUT2D eigenvalue weighted by molar-refractivity contribution is 9.10. The zero-order chi connectivity index (χ0) is 13.0. The smallest absolute Gasteiger partial charge is 0.103 e. The van der Waals surface area contributed by atoms with Crippen molar-refractivity contribution < 1.29 is 4.42 Å². The lowest BCUT2D eigenvalue weighted by molar-refractivity contribution is 0.441. The molecule has 0 aliphatic heterocycles. The van der Waals surface area contributed by atoms with Gasteiger partial charge in [-0.2, -0.15) is 5.10 Å². The number of furan rings is 1. The molecular formula is C13H18BrN3O. The molecule has 0 amide bonds. The van der Waals surface area contributed by atoms with Crippen LogP contribution in [0.2, 0.25) is 0 Å². The van der Waals surface area contributed by atoms with E-state index in [-0.39, 0.29) is 6.04 Å². The van der Waals surface area contributed by atoms with E-state index in [0.717, 1.165) is 29.6 Å². The van der Waals surface area contributed by atoms with Crippen LogP contribution in [0.3, 0.4) is 0 Å². The van der Waals surface area contributed by atoms with Crippen molar-refractivity contribution in [2.45, 2.75) is 25.8 Å². The van der Waals surface area contributed by atoms with Crippen molar-refractivity contribution in [1.82, 2.24) is 15.1 Å². The van der Waals surface area contributed by atoms with Gasteiger partial charge in [-0.1, -0.05) is 6.92 Å². The normalized spacial score (nSPS) is 12.8. The number of rotatable bonds is 6. The Balaban J connectivity index is 2.08. The summed E-state index contributed by atoms with van der Waals surface area (Å²) in [5, 5.41) is 7.77. The van der Waals surface area contributed by atoms with Crippen LogP contribution in [0.25, 0.3) is 0 Å². The van der Waals surface area contributed by atoms with Gasteiger partial charge >= 0.3 is 0 Å².